The van der Waals surface area contributed by atoms with Gasteiger partial charge in [0.15, 0.2) is 0 Å². The van der Waals surface area contributed by atoms with Gasteiger partial charge in [-0.25, -0.2) is 12.8 Å². The largest absolute Gasteiger partial charge is 0.321 e. The van der Waals surface area contributed by atoms with Crippen molar-refractivity contribution in [2.45, 2.75) is 45.4 Å². The van der Waals surface area contributed by atoms with Crippen LogP contribution >= 0.6 is 11.6 Å². The molecule has 0 aromatic heterocycles. The van der Waals surface area contributed by atoms with Gasteiger partial charge in [-0.05, 0) is 48.2 Å². The summed E-state index contributed by atoms with van der Waals surface area (Å²) in [5.74, 6) is -1.41. The lowest BCUT2D eigenvalue weighted by Gasteiger charge is -2.19. The molecule has 0 saturated carbocycles. The molecular formula is C21H26ClFN2O3S. The Morgan fingerprint density at radius 3 is 2.28 bits per heavy atom. The zero-order chi connectivity index (χ0) is 21.8. The van der Waals surface area contributed by atoms with Gasteiger partial charge in [0.05, 0.1) is 0 Å². The van der Waals surface area contributed by atoms with Gasteiger partial charge in [-0.15, -0.1) is 0 Å². The minimum absolute atomic E-state index is 0.0567. The molecule has 0 heterocycles. The molecule has 0 fully saturated rings. The van der Waals surface area contributed by atoms with E-state index < -0.39 is 26.6 Å². The van der Waals surface area contributed by atoms with Crippen LogP contribution in [0.5, 0.6) is 0 Å². The molecule has 2 aromatic rings. The Balaban J connectivity index is 2.48. The Kier molecular flexibility index (Phi) is 7.80. The normalized spacial score (nSPS) is 11.7. The number of carbonyl (C=O) groups excluding carboxylic acids is 1. The predicted octanol–water partition coefficient (Wildman–Crippen LogP) is 4.89. The molecule has 0 bridgehead atoms. The van der Waals surface area contributed by atoms with E-state index >= 15 is 0 Å². The van der Waals surface area contributed by atoms with E-state index in [1.165, 1.54) is 6.07 Å². The third-order valence-corrected chi connectivity index (χ3v) is 7.25. The van der Waals surface area contributed by atoms with Crippen LogP contribution in [0, 0.1) is 5.82 Å². The van der Waals surface area contributed by atoms with Crippen LogP contribution in [0.2, 0.25) is 5.02 Å². The number of nitrogens with zero attached hydrogens (tertiary/aromatic N) is 1. The number of hydrogen-bond acceptors (Lipinski definition) is 3. The molecule has 2 rings (SSSR count). The first-order valence-electron chi connectivity index (χ1n) is 9.62. The fraction of sp³-hybridized carbons (Fsp3) is 0.381. The van der Waals surface area contributed by atoms with E-state index in [9.17, 15) is 17.6 Å². The van der Waals surface area contributed by atoms with Crippen LogP contribution in [0.4, 0.5) is 10.1 Å². The molecule has 5 nitrogen and oxygen atoms in total. The summed E-state index contributed by atoms with van der Waals surface area (Å²) in [5.41, 5.74) is 2.39. The van der Waals surface area contributed by atoms with Crippen LogP contribution in [0.25, 0.3) is 0 Å². The Labute approximate surface area is 176 Å². The number of amides is 1. The summed E-state index contributed by atoms with van der Waals surface area (Å²) < 4.78 is 40.9. The van der Waals surface area contributed by atoms with E-state index in [0.717, 1.165) is 27.6 Å². The van der Waals surface area contributed by atoms with Gasteiger partial charge >= 0.3 is 0 Å². The van der Waals surface area contributed by atoms with Crippen LogP contribution in [0.1, 0.15) is 49.2 Å². The van der Waals surface area contributed by atoms with Crippen molar-refractivity contribution >= 4 is 33.2 Å². The molecule has 8 heteroatoms. The number of halogens is 2. The summed E-state index contributed by atoms with van der Waals surface area (Å²) in [7, 11) is -4.04. The molecule has 0 atom stereocenters. The maximum Gasteiger partial charge on any atom is 0.255 e. The lowest BCUT2D eigenvalue weighted by atomic mass is 10.0. The SMILES string of the molecule is CCc1ccc(Cl)c(CC)c1NC(=O)c1ccc(F)c(S(=O)(=O)N(CC)CC)c1. The Morgan fingerprint density at radius 1 is 1.07 bits per heavy atom. The van der Waals surface area contributed by atoms with Crippen molar-refractivity contribution in [3.8, 4) is 0 Å². The van der Waals surface area contributed by atoms with E-state index in [1.807, 2.05) is 19.9 Å². The zero-order valence-corrected chi connectivity index (χ0v) is 18.6. The number of aryl methyl sites for hydroxylation is 1. The van der Waals surface area contributed by atoms with Crippen LogP contribution < -0.4 is 5.32 Å². The second-order valence-corrected chi connectivity index (χ2v) is 8.77. The first-order valence-corrected chi connectivity index (χ1v) is 11.4. The van der Waals surface area contributed by atoms with Gasteiger partial charge in [0.1, 0.15) is 10.7 Å². The fourth-order valence-electron chi connectivity index (χ4n) is 3.20. The number of rotatable bonds is 8. The average Bonchev–Trinajstić information content (AvgIpc) is 2.69. The highest BCUT2D eigenvalue weighted by molar-refractivity contribution is 7.89. The third kappa shape index (κ3) is 4.79. The quantitative estimate of drug-likeness (QED) is 0.635. The standard InChI is InChI=1S/C21H26ClFN2O3S/c1-5-14-9-11-17(22)16(6-2)20(14)24-21(26)15-10-12-18(23)19(13-15)29(27,28)25(7-3)8-4/h9-13H,5-8H2,1-4H3,(H,24,26). The highest BCUT2D eigenvalue weighted by Crippen LogP contribution is 2.30. The highest BCUT2D eigenvalue weighted by atomic mass is 35.5. The van der Waals surface area contributed by atoms with Crippen molar-refractivity contribution in [3.05, 3.63) is 57.9 Å². The summed E-state index contributed by atoms with van der Waals surface area (Å²) in [5, 5.41) is 3.38. The minimum atomic E-state index is -4.04. The average molecular weight is 441 g/mol. The van der Waals surface area contributed by atoms with Crippen LogP contribution in [-0.2, 0) is 22.9 Å². The van der Waals surface area contributed by atoms with Crippen molar-refractivity contribution < 1.29 is 17.6 Å². The van der Waals surface area contributed by atoms with Gasteiger partial charge in [0.2, 0.25) is 10.0 Å². The van der Waals surface area contributed by atoms with E-state index in [4.69, 9.17) is 11.6 Å². The molecule has 0 aliphatic rings. The second kappa shape index (κ2) is 9.69. The van der Waals surface area contributed by atoms with Crippen molar-refractivity contribution in [2.75, 3.05) is 18.4 Å². The molecule has 2 aromatic carbocycles. The molecule has 0 aliphatic carbocycles. The molecule has 1 amide bonds. The summed E-state index contributed by atoms with van der Waals surface area (Å²) in [6.45, 7) is 7.66. The van der Waals surface area contributed by atoms with E-state index in [1.54, 1.807) is 19.9 Å². The van der Waals surface area contributed by atoms with Gasteiger partial charge in [-0.2, -0.15) is 4.31 Å². The lowest BCUT2D eigenvalue weighted by molar-refractivity contribution is 0.102. The first kappa shape index (κ1) is 23.3. The Hall–Kier alpha value is -1.96. The van der Waals surface area contributed by atoms with Gasteiger partial charge in [-0.1, -0.05) is 45.4 Å². The van der Waals surface area contributed by atoms with Gasteiger partial charge in [0.25, 0.3) is 5.91 Å². The van der Waals surface area contributed by atoms with Crippen LogP contribution in [-0.4, -0.2) is 31.7 Å². The first-order chi connectivity index (χ1) is 13.7. The number of nitrogens with one attached hydrogen (secondary N) is 1. The second-order valence-electron chi connectivity index (χ2n) is 6.46. The predicted molar refractivity (Wildman–Crippen MR) is 115 cm³/mol. The van der Waals surface area contributed by atoms with Crippen molar-refractivity contribution in [3.63, 3.8) is 0 Å². The fourth-order valence-corrected chi connectivity index (χ4v) is 5.04. The van der Waals surface area contributed by atoms with Crippen LogP contribution in [0.15, 0.2) is 35.2 Å². The molecule has 0 saturated heterocycles. The number of anilines is 1. The summed E-state index contributed by atoms with van der Waals surface area (Å²) in [6.07, 6.45) is 1.30. The topological polar surface area (TPSA) is 66.5 Å². The molecule has 0 aliphatic heterocycles. The zero-order valence-electron chi connectivity index (χ0n) is 17.1. The number of carbonyl (C=O) groups is 1. The van der Waals surface area contributed by atoms with Crippen molar-refractivity contribution in [2.24, 2.45) is 0 Å². The van der Waals surface area contributed by atoms with E-state index in [-0.39, 0.29) is 18.7 Å². The van der Waals surface area contributed by atoms with E-state index in [2.05, 4.69) is 5.32 Å². The van der Waals surface area contributed by atoms with Crippen LogP contribution in [0.3, 0.4) is 0 Å². The van der Waals surface area contributed by atoms with Crippen molar-refractivity contribution in [1.82, 2.24) is 4.31 Å². The Morgan fingerprint density at radius 2 is 1.72 bits per heavy atom. The monoisotopic (exact) mass is 440 g/mol. The summed E-state index contributed by atoms with van der Waals surface area (Å²) in [4.78, 5) is 12.4. The smallest absolute Gasteiger partial charge is 0.255 e. The van der Waals surface area contributed by atoms with Gasteiger partial charge in [-0.3, -0.25) is 4.79 Å². The maximum atomic E-state index is 14.3. The minimum Gasteiger partial charge on any atom is -0.321 e. The van der Waals surface area contributed by atoms with Gasteiger partial charge < -0.3 is 5.32 Å². The molecular weight excluding hydrogens is 415 g/mol. The number of sulfonamides is 1. The Bertz CT molecular complexity index is 1010. The highest BCUT2D eigenvalue weighted by Gasteiger charge is 2.26. The maximum absolute atomic E-state index is 14.3. The number of hydrogen-bond donors (Lipinski definition) is 1. The van der Waals surface area contributed by atoms with Crippen molar-refractivity contribution in [1.29, 1.82) is 0 Å². The molecule has 1 N–H and O–H groups in total. The van der Waals surface area contributed by atoms with Gasteiger partial charge in [0, 0.05) is 29.4 Å². The summed E-state index contributed by atoms with van der Waals surface area (Å²) in [6, 6.07) is 7.00. The molecule has 29 heavy (non-hydrogen) atoms. The molecule has 158 valence electrons. The molecule has 0 unspecified atom stereocenters. The summed E-state index contributed by atoms with van der Waals surface area (Å²) >= 11 is 6.27. The lowest BCUT2D eigenvalue weighted by Crippen LogP contribution is -2.31. The van der Waals surface area contributed by atoms with E-state index in [0.29, 0.717) is 23.6 Å². The third-order valence-electron chi connectivity index (χ3n) is 4.83. The number of benzene rings is 2. The molecule has 0 spiro atoms. The molecule has 0 radical (unpaired) electrons.